The molecule has 0 saturated carbocycles. The molecular formula is C27H20FN3O4S. The van der Waals surface area contributed by atoms with Gasteiger partial charge in [0.25, 0.3) is 5.19 Å². The number of hydrogen-bond acceptors (Lipinski definition) is 7. The lowest BCUT2D eigenvalue weighted by molar-refractivity contribution is 0.307. The zero-order valence-electron chi connectivity index (χ0n) is 19.4. The van der Waals surface area contributed by atoms with Gasteiger partial charge in [0.1, 0.15) is 35.2 Å². The van der Waals surface area contributed by atoms with Crippen molar-refractivity contribution < 1.29 is 23.0 Å². The SMILES string of the molecule is COc1cc(OCc2cccc(-c3ccccc3F)c2)c2cc(-c3cn4nc(OC)sc4n3)oc2c1. The quantitative estimate of drug-likeness (QED) is 0.245. The number of methoxy groups -OCH3 is 2. The summed E-state index contributed by atoms with van der Waals surface area (Å²) in [5.41, 5.74) is 3.51. The Bertz CT molecular complexity index is 1670. The van der Waals surface area contributed by atoms with E-state index in [-0.39, 0.29) is 12.4 Å². The summed E-state index contributed by atoms with van der Waals surface area (Å²) in [6.45, 7) is 0.287. The fraction of sp³-hybridized carbons (Fsp3) is 0.111. The van der Waals surface area contributed by atoms with E-state index in [1.165, 1.54) is 17.4 Å². The van der Waals surface area contributed by atoms with E-state index in [1.54, 1.807) is 37.1 Å². The smallest absolute Gasteiger partial charge is 0.294 e. The first kappa shape index (κ1) is 22.1. The normalized spacial score (nSPS) is 11.3. The Morgan fingerprint density at radius 1 is 1.00 bits per heavy atom. The molecule has 0 N–H and O–H groups in total. The molecule has 9 heteroatoms. The maximum Gasteiger partial charge on any atom is 0.294 e. The molecule has 0 amide bonds. The molecule has 6 aromatic rings. The van der Waals surface area contributed by atoms with Crippen LogP contribution in [0.2, 0.25) is 0 Å². The van der Waals surface area contributed by atoms with Gasteiger partial charge in [-0.2, -0.15) is 0 Å². The fourth-order valence-corrected chi connectivity index (χ4v) is 4.71. The van der Waals surface area contributed by atoms with Crippen molar-refractivity contribution in [3.05, 3.63) is 84.3 Å². The number of ether oxygens (including phenoxy) is 3. The predicted molar refractivity (Wildman–Crippen MR) is 135 cm³/mol. The van der Waals surface area contributed by atoms with Gasteiger partial charge in [0, 0.05) is 17.7 Å². The van der Waals surface area contributed by atoms with Crippen LogP contribution in [-0.2, 0) is 6.61 Å². The van der Waals surface area contributed by atoms with Crippen molar-refractivity contribution in [1.29, 1.82) is 0 Å². The molecule has 0 spiro atoms. The number of nitrogens with zero attached hydrogens (tertiary/aromatic N) is 3. The van der Waals surface area contributed by atoms with Crippen LogP contribution < -0.4 is 14.2 Å². The Balaban J connectivity index is 1.31. The average Bonchev–Trinajstić information content (AvgIpc) is 3.60. The van der Waals surface area contributed by atoms with Gasteiger partial charge in [0.2, 0.25) is 4.96 Å². The standard InChI is InChI=1S/C27H20FN3O4S/c1-32-18-11-23(34-15-16-6-5-7-17(10-16)19-8-3-4-9-21(19)28)20-13-25(35-24(20)12-18)22-14-31-26(29-22)36-27(30-31)33-2/h3-14H,15H2,1-2H3. The van der Waals surface area contributed by atoms with E-state index in [4.69, 9.17) is 18.6 Å². The summed E-state index contributed by atoms with van der Waals surface area (Å²) in [6.07, 6.45) is 1.79. The maximum absolute atomic E-state index is 14.3. The number of imidazole rings is 1. The lowest BCUT2D eigenvalue weighted by Gasteiger charge is -2.10. The molecule has 180 valence electrons. The van der Waals surface area contributed by atoms with Gasteiger partial charge in [0.15, 0.2) is 5.76 Å². The van der Waals surface area contributed by atoms with Gasteiger partial charge in [-0.05, 0) is 40.7 Å². The van der Waals surface area contributed by atoms with Crippen LogP contribution in [0.1, 0.15) is 5.56 Å². The van der Waals surface area contributed by atoms with Gasteiger partial charge in [-0.1, -0.05) is 36.4 Å². The first-order valence-electron chi connectivity index (χ1n) is 11.1. The van der Waals surface area contributed by atoms with Gasteiger partial charge in [-0.25, -0.2) is 13.9 Å². The lowest BCUT2D eigenvalue weighted by atomic mass is 10.0. The Morgan fingerprint density at radius 2 is 1.89 bits per heavy atom. The first-order chi connectivity index (χ1) is 17.6. The molecule has 3 aromatic heterocycles. The second-order valence-corrected chi connectivity index (χ2v) is 8.96. The summed E-state index contributed by atoms with van der Waals surface area (Å²) >= 11 is 1.34. The van der Waals surface area contributed by atoms with Crippen LogP contribution in [0, 0.1) is 5.82 Å². The van der Waals surface area contributed by atoms with E-state index in [1.807, 2.05) is 48.5 Å². The minimum atomic E-state index is -0.260. The molecule has 6 rings (SSSR count). The van der Waals surface area contributed by atoms with Crippen molar-refractivity contribution in [2.24, 2.45) is 0 Å². The molecule has 0 atom stereocenters. The molecule has 0 unspecified atom stereocenters. The molecule has 3 heterocycles. The molecule has 0 fully saturated rings. The van der Waals surface area contributed by atoms with Crippen LogP contribution in [0.3, 0.4) is 0 Å². The van der Waals surface area contributed by atoms with E-state index in [0.717, 1.165) is 16.5 Å². The highest BCUT2D eigenvalue weighted by Gasteiger charge is 2.17. The number of hydrogen-bond donors (Lipinski definition) is 0. The number of benzene rings is 3. The molecular weight excluding hydrogens is 481 g/mol. The third-order valence-corrected chi connectivity index (χ3v) is 6.65. The Morgan fingerprint density at radius 3 is 2.69 bits per heavy atom. The van der Waals surface area contributed by atoms with Crippen LogP contribution in [0.15, 0.2) is 77.3 Å². The molecule has 0 aliphatic heterocycles. The second kappa shape index (κ2) is 9.01. The average molecular weight is 502 g/mol. The topological polar surface area (TPSA) is 71.0 Å². The second-order valence-electron chi connectivity index (χ2n) is 8.04. The van der Waals surface area contributed by atoms with Crippen molar-refractivity contribution in [1.82, 2.24) is 14.6 Å². The van der Waals surface area contributed by atoms with Crippen molar-refractivity contribution in [2.45, 2.75) is 6.61 Å². The molecule has 0 bridgehead atoms. The summed E-state index contributed by atoms with van der Waals surface area (Å²) in [5, 5.41) is 5.64. The number of aromatic nitrogens is 3. The van der Waals surface area contributed by atoms with Gasteiger partial charge < -0.3 is 18.6 Å². The molecule has 0 aliphatic rings. The van der Waals surface area contributed by atoms with Crippen molar-refractivity contribution in [3.8, 4) is 39.3 Å². The van der Waals surface area contributed by atoms with E-state index < -0.39 is 0 Å². The summed E-state index contributed by atoms with van der Waals surface area (Å²) in [5.74, 6) is 1.54. The van der Waals surface area contributed by atoms with Crippen molar-refractivity contribution >= 4 is 27.3 Å². The van der Waals surface area contributed by atoms with Crippen LogP contribution in [-0.4, -0.2) is 28.8 Å². The molecule has 36 heavy (non-hydrogen) atoms. The van der Waals surface area contributed by atoms with Gasteiger partial charge in [-0.3, -0.25) is 0 Å². The number of fused-ring (bicyclic) bond motifs is 2. The Hall–Kier alpha value is -4.37. The van der Waals surface area contributed by atoms with Crippen molar-refractivity contribution in [2.75, 3.05) is 14.2 Å². The molecule has 3 aromatic carbocycles. The minimum absolute atomic E-state index is 0.260. The third-order valence-electron chi connectivity index (χ3n) is 5.77. The van der Waals surface area contributed by atoms with Crippen molar-refractivity contribution in [3.63, 3.8) is 0 Å². The van der Waals surface area contributed by atoms with Crippen LogP contribution >= 0.6 is 11.3 Å². The third kappa shape index (κ3) is 4.03. The van der Waals surface area contributed by atoms with Crippen LogP contribution in [0.4, 0.5) is 4.39 Å². The van der Waals surface area contributed by atoms with E-state index >= 15 is 0 Å². The van der Waals surface area contributed by atoms with E-state index in [2.05, 4.69) is 10.1 Å². The van der Waals surface area contributed by atoms with Gasteiger partial charge in [-0.15, -0.1) is 5.10 Å². The zero-order chi connectivity index (χ0) is 24.6. The first-order valence-corrected chi connectivity index (χ1v) is 11.9. The largest absolute Gasteiger partial charge is 0.496 e. The monoisotopic (exact) mass is 501 g/mol. The summed E-state index contributed by atoms with van der Waals surface area (Å²) in [6, 6.07) is 19.9. The van der Waals surface area contributed by atoms with Gasteiger partial charge in [0.05, 0.1) is 25.8 Å². The minimum Gasteiger partial charge on any atom is -0.496 e. The van der Waals surface area contributed by atoms with Crippen LogP contribution in [0.25, 0.3) is 38.5 Å². The number of rotatable bonds is 7. The Kier molecular flexibility index (Phi) is 5.54. The summed E-state index contributed by atoms with van der Waals surface area (Å²) in [7, 11) is 3.17. The number of halogens is 1. The highest BCUT2D eigenvalue weighted by molar-refractivity contribution is 7.18. The lowest BCUT2D eigenvalue weighted by Crippen LogP contribution is -1.97. The molecule has 0 radical (unpaired) electrons. The summed E-state index contributed by atoms with van der Waals surface area (Å²) < 4.78 is 38.9. The summed E-state index contributed by atoms with van der Waals surface area (Å²) in [4.78, 5) is 5.30. The Labute approximate surface area is 209 Å². The molecule has 0 aliphatic carbocycles. The van der Waals surface area contributed by atoms with E-state index in [9.17, 15) is 4.39 Å². The van der Waals surface area contributed by atoms with Gasteiger partial charge >= 0.3 is 0 Å². The number of furan rings is 1. The van der Waals surface area contributed by atoms with Crippen LogP contribution in [0.5, 0.6) is 16.7 Å². The zero-order valence-corrected chi connectivity index (χ0v) is 20.2. The predicted octanol–water partition coefficient (Wildman–Crippen LogP) is 6.61. The highest BCUT2D eigenvalue weighted by Crippen LogP contribution is 2.37. The fourth-order valence-electron chi connectivity index (χ4n) is 4.01. The van der Waals surface area contributed by atoms with E-state index in [0.29, 0.717) is 44.3 Å². The maximum atomic E-state index is 14.3. The molecule has 7 nitrogen and oxygen atoms in total. The highest BCUT2D eigenvalue weighted by atomic mass is 32.1. The molecule has 0 saturated heterocycles.